The van der Waals surface area contributed by atoms with Gasteiger partial charge >= 0.3 is 0 Å². The second kappa shape index (κ2) is 6.00. The van der Waals surface area contributed by atoms with Crippen molar-refractivity contribution in [2.75, 3.05) is 7.05 Å². The van der Waals surface area contributed by atoms with Crippen LogP contribution in [0.2, 0.25) is 0 Å². The van der Waals surface area contributed by atoms with Gasteiger partial charge in [-0.2, -0.15) is 5.26 Å². The number of nitriles is 1. The number of hydrogen-bond acceptors (Lipinski definition) is 2. The molecule has 0 unspecified atom stereocenters. The maximum atomic E-state index is 13.0. The molecule has 0 radical (unpaired) electrons. The number of benzene rings is 1. The molecule has 0 fully saturated rings. The molecule has 0 bridgehead atoms. The van der Waals surface area contributed by atoms with Crippen LogP contribution in [0.4, 0.5) is 4.39 Å². The first-order chi connectivity index (χ1) is 8.04. The van der Waals surface area contributed by atoms with E-state index < -0.39 is 0 Å². The third-order valence-corrected chi connectivity index (χ3v) is 2.52. The second-order valence-corrected chi connectivity index (χ2v) is 3.99. The number of rotatable bonds is 4. The second-order valence-electron chi connectivity index (χ2n) is 3.99. The van der Waals surface area contributed by atoms with Crippen LogP contribution in [-0.4, -0.2) is 17.9 Å². The molecule has 1 aromatic rings. The van der Waals surface area contributed by atoms with Gasteiger partial charge in [0.15, 0.2) is 0 Å². The van der Waals surface area contributed by atoms with Crippen molar-refractivity contribution in [3.8, 4) is 6.07 Å². The van der Waals surface area contributed by atoms with E-state index in [4.69, 9.17) is 5.26 Å². The van der Waals surface area contributed by atoms with Crippen molar-refractivity contribution in [3.05, 3.63) is 35.1 Å². The Kier molecular flexibility index (Phi) is 4.65. The standard InChI is InChI=1S/C13H15FN2O/c1-10-8-11(5-6-12(10)14)9-16(2)13(17)4-3-7-15/h5-6,8H,3-4,9H2,1-2H3. The van der Waals surface area contributed by atoms with Crippen molar-refractivity contribution in [1.82, 2.24) is 4.90 Å². The molecule has 17 heavy (non-hydrogen) atoms. The van der Waals surface area contributed by atoms with E-state index in [2.05, 4.69) is 0 Å². The van der Waals surface area contributed by atoms with Gasteiger partial charge in [-0.1, -0.05) is 12.1 Å². The van der Waals surface area contributed by atoms with Gasteiger partial charge < -0.3 is 4.90 Å². The van der Waals surface area contributed by atoms with Gasteiger partial charge in [0.05, 0.1) is 6.07 Å². The lowest BCUT2D eigenvalue weighted by Crippen LogP contribution is -2.25. The summed E-state index contributed by atoms with van der Waals surface area (Å²) in [5, 5.41) is 8.39. The van der Waals surface area contributed by atoms with Gasteiger partial charge in [-0.25, -0.2) is 4.39 Å². The third-order valence-electron chi connectivity index (χ3n) is 2.52. The van der Waals surface area contributed by atoms with Crippen molar-refractivity contribution in [2.45, 2.75) is 26.3 Å². The monoisotopic (exact) mass is 234 g/mol. The van der Waals surface area contributed by atoms with Gasteiger partial charge in [0.1, 0.15) is 5.82 Å². The molecule has 90 valence electrons. The van der Waals surface area contributed by atoms with Gasteiger partial charge in [0, 0.05) is 26.4 Å². The normalized spacial score (nSPS) is 9.76. The minimum atomic E-state index is -0.243. The summed E-state index contributed by atoms with van der Waals surface area (Å²) in [6.07, 6.45) is 0.457. The molecular formula is C13H15FN2O. The number of halogens is 1. The molecule has 0 N–H and O–H groups in total. The summed E-state index contributed by atoms with van der Waals surface area (Å²) in [5.74, 6) is -0.319. The van der Waals surface area contributed by atoms with Crippen LogP contribution < -0.4 is 0 Å². The zero-order valence-corrected chi connectivity index (χ0v) is 10.0. The molecule has 0 aliphatic rings. The summed E-state index contributed by atoms with van der Waals surface area (Å²) in [6, 6.07) is 6.73. The van der Waals surface area contributed by atoms with E-state index in [9.17, 15) is 9.18 Å². The van der Waals surface area contributed by atoms with E-state index in [1.807, 2.05) is 6.07 Å². The average molecular weight is 234 g/mol. The van der Waals surface area contributed by atoms with Crippen molar-refractivity contribution in [2.24, 2.45) is 0 Å². The van der Waals surface area contributed by atoms with Crippen molar-refractivity contribution in [3.63, 3.8) is 0 Å². The van der Waals surface area contributed by atoms with Crippen LogP contribution in [0.25, 0.3) is 0 Å². The van der Waals surface area contributed by atoms with Gasteiger partial charge in [-0.15, -0.1) is 0 Å². The molecule has 0 aromatic heterocycles. The van der Waals surface area contributed by atoms with Crippen LogP contribution in [0, 0.1) is 24.1 Å². The van der Waals surface area contributed by atoms with Gasteiger partial charge in [-0.3, -0.25) is 4.79 Å². The lowest BCUT2D eigenvalue weighted by atomic mass is 10.1. The number of carbonyl (C=O) groups is 1. The zero-order valence-electron chi connectivity index (χ0n) is 10.0. The molecule has 1 aromatic carbocycles. The highest BCUT2D eigenvalue weighted by atomic mass is 19.1. The Labute approximate surface area is 100 Å². The summed E-state index contributed by atoms with van der Waals surface area (Å²) in [6.45, 7) is 2.13. The highest BCUT2D eigenvalue weighted by Crippen LogP contribution is 2.11. The Morgan fingerprint density at radius 2 is 2.24 bits per heavy atom. The minimum absolute atomic E-state index is 0.0754. The van der Waals surface area contributed by atoms with Crippen molar-refractivity contribution >= 4 is 5.91 Å². The highest BCUT2D eigenvalue weighted by molar-refractivity contribution is 5.76. The fourth-order valence-corrected chi connectivity index (χ4v) is 1.52. The van der Waals surface area contributed by atoms with E-state index in [0.717, 1.165) is 5.56 Å². The van der Waals surface area contributed by atoms with Crippen molar-refractivity contribution in [1.29, 1.82) is 5.26 Å². The Bertz CT molecular complexity index is 451. The molecule has 0 aliphatic carbocycles. The molecule has 0 saturated heterocycles. The maximum absolute atomic E-state index is 13.0. The molecule has 1 rings (SSSR count). The van der Waals surface area contributed by atoms with E-state index in [0.29, 0.717) is 12.1 Å². The molecule has 4 heteroatoms. The summed E-state index contributed by atoms with van der Waals surface area (Å²) in [7, 11) is 1.68. The Morgan fingerprint density at radius 1 is 1.53 bits per heavy atom. The van der Waals surface area contributed by atoms with Crippen LogP contribution in [0.3, 0.4) is 0 Å². The summed E-state index contributed by atoms with van der Waals surface area (Å²) < 4.78 is 13.0. The van der Waals surface area contributed by atoms with Crippen LogP contribution in [-0.2, 0) is 11.3 Å². The molecule has 0 spiro atoms. The smallest absolute Gasteiger partial charge is 0.223 e. The van der Waals surface area contributed by atoms with Crippen molar-refractivity contribution < 1.29 is 9.18 Å². The van der Waals surface area contributed by atoms with Gasteiger partial charge in [-0.05, 0) is 24.1 Å². The van der Waals surface area contributed by atoms with Crippen LogP contribution in [0.5, 0.6) is 0 Å². The van der Waals surface area contributed by atoms with E-state index in [-0.39, 0.29) is 24.6 Å². The maximum Gasteiger partial charge on any atom is 0.223 e. The highest BCUT2D eigenvalue weighted by Gasteiger charge is 2.09. The summed E-state index contributed by atoms with van der Waals surface area (Å²) in [4.78, 5) is 13.1. The number of carbonyl (C=O) groups excluding carboxylic acids is 1. The number of amides is 1. The van der Waals surface area contributed by atoms with Gasteiger partial charge in [0.25, 0.3) is 0 Å². The summed E-state index contributed by atoms with van der Waals surface area (Å²) in [5.41, 5.74) is 1.46. The Hall–Kier alpha value is -1.89. The number of hydrogen-bond donors (Lipinski definition) is 0. The SMILES string of the molecule is Cc1cc(CN(C)C(=O)CCC#N)ccc1F. The molecule has 0 saturated carbocycles. The predicted octanol–water partition coefficient (Wildman–Crippen LogP) is 2.40. The van der Waals surface area contributed by atoms with E-state index in [1.54, 1.807) is 31.0 Å². The van der Waals surface area contributed by atoms with Crippen LogP contribution >= 0.6 is 0 Å². The molecule has 0 heterocycles. The number of nitrogens with zero attached hydrogens (tertiary/aromatic N) is 2. The predicted molar refractivity (Wildman–Crippen MR) is 62.5 cm³/mol. The number of aryl methyl sites for hydroxylation is 1. The molecule has 0 atom stereocenters. The third kappa shape index (κ3) is 3.87. The fraction of sp³-hybridized carbons (Fsp3) is 0.385. The first-order valence-electron chi connectivity index (χ1n) is 5.40. The lowest BCUT2D eigenvalue weighted by Gasteiger charge is -2.17. The summed E-state index contributed by atoms with van der Waals surface area (Å²) >= 11 is 0. The largest absolute Gasteiger partial charge is 0.341 e. The topological polar surface area (TPSA) is 44.1 Å². The van der Waals surface area contributed by atoms with Crippen LogP contribution in [0.1, 0.15) is 24.0 Å². The first-order valence-corrected chi connectivity index (χ1v) is 5.40. The Balaban J connectivity index is 2.62. The minimum Gasteiger partial charge on any atom is -0.341 e. The van der Waals surface area contributed by atoms with Crippen LogP contribution in [0.15, 0.2) is 18.2 Å². The first kappa shape index (κ1) is 13.2. The molecule has 1 amide bonds. The molecule has 3 nitrogen and oxygen atoms in total. The van der Waals surface area contributed by atoms with Gasteiger partial charge in [0.2, 0.25) is 5.91 Å². The molecular weight excluding hydrogens is 219 g/mol. The van der Waals surface area contributed by atoms with E-state index >= 15 is 0 Å². The molecule has 0 aliphatic heterocycles. The Morgan fingerprint density at radius 3 is 2.82 bits per heavy atom. The van der Waals surface area contributed by atoms with E-state index in [1.165, 1.54) is 6.07 Å². The quantitative estimate of drug-likeness (QED) is 0.802. The zero-order chi connectivity index (χ0) is 12.8. The fourth-order valence-electron chi connectivity index (χ4n) is 1.52. The lowest BCUT2D eigenvalue weighted by molar-refractivity contribution is -0.130. The average Bonchev–Trinajstić information content (AvgIpc) is 2.30.